The molecule has 2 amide bonds. The van der Waals surface area contributed by atoms with Crippen LogP contribution in [0.5, 0.6) is 0 Å². The van der Waals surface area contributed by atoms with E-state index in [0.717, 1.165) is 17.9 Å². The fourth-order valence-electron chi connectivity index (χ4n) is 2.62. The maximum absolute atomic E-state index is 12.8. The average molecular weight is 429 g/mol. The predicted molar refractivity (Wildman–Crippen MR) is 106 cm³/mol. The number of hydroxylamine groups is 1. The number of rotatable bonds is 9. The number of unbranched alkanes of at least 4 members (excludes halogenated alkanes) is 2. The Bertz CT molecular complexity index is 777. The van der Waals surface area contributed by atoms with Crippen molar-refractivity contribution in [1.29, 1.82) is 0 Å². The van der Waals surface area contributed by atoms with Crippen LogP contribution in [0, 0.1) is 0 Å². The monoisotopic (exact) mass is 429 g/mol. The lowest BCUT2D eigenvalue weighted by Gasteiger charge is -2.11. The number of nitrogens with one attached hydrogen (secondary N) is 2. The normalized spacial score (nSPS) is 14.5. The van der Waals surface area contributed by atoms with E-state index in [2.05, 4.69) is 10.3 Å². The Morgan fingerprint density at radius 3 is 2.48 bits per heavy atom. The zero-order valence-electron chi connectivity index (χ0n) is 15.6. The van der Waals surface area contributed by atoms with Gasteiger partial charge in [-0.15, -0.1) is 11.8 Å². The summed E-state index contributed by atoms with van der Waals surface area (Å²) >= 11 is 1.49. The molecule has 0 saturated heterocycles. The minimum Gasteiger partial charge on any atom is -0.352 e. The van der Waals surface area contributed by atoms with Crippen LogP contribution in [0.25, 0.3) is 5.57 Å². The van der Waals surface area contributed by atoms with Gasteiger partial charge in [-0.05, 0) is 36.6 Å². The summed E-state index contributed by atoms with van der Waals surface area (Å²) in [7, 11) is 0. The molecule has 0 radical (unpaired) electrons. The van der Waals surface area contributed by atoms with Gasteiger partial charge in [0.15, 0.2) is 0 Å². The number of benzene rings is 1. The van der Waals surface area contributed by atoms with Gasteiger partial charge in [0.25, 0.3) is 5.91 Å². The third-order valence-electron chi connectivity index (χ3n) is 4.14. The van der Waals surface area contributed by atoms with Gasteiger partial charge >= 0.3 is 6.18 Å². The number of carbonyl (C=O) groups excluding carboxylic acids is 2. The topological polar surface area (TPSA) is 90.8 Å². The van der Waals surface area contributed by atoms with Gasteiger partial charge in [-0.3, -0.25) is 19.8 Å². The van der Waals surface area contributed by atoms with Gasteiger partial charge < -0.3 is 5.32 Å². The smallest absolute Gasteiger partial charge is 0.352 e. The van der Waals surface area contributed by atoms with Crippen LogP contribution in [0.15, 0.2) is 35.3 Å². The van der Waals surface area contributed by atoms with Gasteiger partial charge in [-0.1, -0.05) is 18.6 Å². The van der Waals surface area contributed by atoms with E-state index in [1.807, 2.05) is 0 Å². The molecule has 6 nitrogen and oxygen atoms in total. The first-order valence-electron chi connectivity index (χ1n) is 9.09. The standard InChI is InChI=1S/C19H22F3N3O3S/c20-19(21,22)14-7-5-13(6-8-14)15(12-17-23-10-11-29-17)18(27)24-9-3-1-2-4-16(26)25-28/h5-8,12,28H,1-4,9-11H2,(H,24,27)(H,25,26)/b15-12-. The van der Waals surface area contributed by atoms with Crippen LogP contribution in [0.2, 0.25) is 0 Å². The summed E-state index contributed by atoms with van der Waals surface area (Å²) in [5.41, 5.74) is 1.41. The first-order valence-corrected chi connectivity index (χ1v) is 10.1. The number of aliphatic imine (C=N–C) groups is 1. The zero-order valence-corrected chi connectivity index (χ0v) is 16.4. The van der Waals surface area contributed by atoms with Gasteiger partial charge in [-0.2, -0.15) is 13.2 Å². The summed E-state index contributed by atoms with van der Waals surface area (Å²) in [5.74, 6) is -0.0562. The highest BCUT2D eigenvalue weighted by atomic mass is 32.2. The van der Waals surface area contributed by atoms with Crippen LogP contribution < -0.4 is 10.8 Å². The second kappa shape index (κ2) is 11.0. The van der Waals surface area contributed by atoms with E-state index in [-0.39, 0.29) is 12.0 Å². The molecule has 0 atom stereocenters. The predicted octanol–water partition coefficient (Wildman–Crippen LogP) is 3.42. The minimum atomic E-state index is -4.44. The lowest BCUT2D eigenvalue weighted by molar-refractivity contribution is -0.137. The van der Waals surface area contributed by atoms with Gasteiger partial charge in [0, 0.05) is 30.8 Å². The summed E-state index contributed by atoms with van der Waals surface area (Å²) in [6.45, 7) is 0.997. The molecule has 0 saturated carbocycles. The molecule has 158 valence electrons. The molecule has 0 unspecified atom stereocenters. The van der Waals surface area contributed by atoms with E-state index in [9.17, 15) is 22.8 Å². The Labute approximate surface area is 170 Å². The molecular weight excluding hydrogens is 407 g/mol. The van der Waals surface area contributed by atoms with Gasteiger partial charge in [0.1, 0.15) is 0 Å². The number of alkyl halides is 3. The molecule has 10 heteroatoms. The fourth-order valence-corrected chi connectivity index (χ4v) is 3.40. The van der Waals surface area contributed by atoms with Crippen LogP contribution in [0.1, 0.15) is 36.8 Å². The minimum absolute atomic E-state index is 0.193. The SMILES string of the molecule is O=C(CCCCCNC(=O)/C(=C\C1=NCCS1)c1ccc(C(F)(F)F)cc1)NO. The van der Waals surface area contributed by atoms with Crippen LogP contribution in [0.4, 0.5) is 13.2 Å². The van der Waals surface area contributed by atoms with Crippen LogP contribution >= 0.6 is 11.8 Å². The summed E-state index contributed by atoms with van der Waals surface area (Å²) in [6.07, 6.45) is -0.782. The molecule has 29 heavy (non-hydrogen) atoms. The van der Waals surface area contributed by atoms with E-state index < -0.39 is 23.6 Å². The molecule has 1 heterocycles. The third kappa shape index (κ3) is 7.54. The van der Waals surface area contributed by atoms with Crippen molar-refractivity contribution in [2.45, 2.75) is 31.9 Å². The first kappa shape index (κ1) is 23.0. The van der Waals surface area contributed by atoms with Crippen LogP contribution in [-0.4, -0.2) is 40.9 Å². The van der Waals surface area contributed by atoms with Crippen molar-refractivity contribution >= 4 is 34.2 Å². The molecule has 1 aromatic rings. The number of thioether (sulfide) groups is 1. The van der Waals surface area contributed by atoms with E-state index >= 15 is 0 Å². The number of nitrogens with zero attached hydrogens (tertiary/aromatic N) is 1. The number of hydrogen-bond acceptors (Lipinski definition) is 5. The lowest BCUT2D eigenvalue weighted by atomic mass is 10.0. The molecule has 1 aliphatic heterocycles. The quantitative estimate of drug-likeness (QED) is 0.243. The first-order chi connectivity index (χ1) is 13.8. The van der Waals surface area contributed by atoms with Crippen LogP contribution in [0.3, 0.4) is 0 Å². The maximum Gasteiger partial charge on any atom is 0.416 e. The highest BCUT2D eigenvalue weighted by Gasteiger charge is 2.30. The lowest BCUT2D eigenvalue weighted by Crippen LogP contribution is -2.26. The van der Waals surface area contributed by atoms with Crippen molar-refractivity contribution in [3.05, 3.63) is 41.5 Å². The van der Waals surface area contributed by atoms with Gasteiger partial charge in [0.2, 0.25) is 5.91 Å². The summed E-state index contributed by atoms with van der Waals surface area (Å²) in [5, 5.41) is 11.9. The second-order valence-corrected chi connectivity index (χ2v) is 7.42. The highest BCUT2D eigenvalue weighted by molar-refractivity contribution is 8.14. The van der Waals surface area contributed by atoms with Crippen molar-refractivity contribution < 1.29 is 28.0 Å². The van der Waals surface area contributed by atoms with Crippen molar-refractivity contribution in [2.75, 3.05) is 18.8 Å². The molecule has 2 rings (SSSR count). The largest absolute Gasteiger partial charge is 0.416 e. The van der Waals surface area contributed by atoms with E-state index in [1.54, 1.807) is 11.6 Å². The Balaban J connectivity index is 2.01. The number of amides is 2. The Kier molecular flexibility index (Phi) is 8.71. The molecule has 0 fully saturated rings. The number of halogens is 3. The highest BCUT2D eigenvalue weighted by Crippen LogP contribution is 2.30. The molecule has 0 bridgehead atoms. The third-order valence-corrected chi connectivity index (χ3v) is 5.06. The molecular formula is C19H22F3N3O3S. The zero-order chi connectivity index (χ0) is 21.3. The van der Waals surface area contributed by atoms with Gasteiger partial charge in [-0.25, -0.2) is 5.48 Å². The number of hydrogen-bond donors (Lipinski definition) is 3. The summed E-state index contributed by atoms with van der Waals surface area (Å²) < 4.78 is 38.4. The molecule has 0 aliphatic carbocycles. The second-order valence-electron chi connectivity index (χ2n) is 6.30. The molecule has 0 spiro atoms. The molecule has 0 aromatic heterocycles. The van der Waals surface area contributed by atoms with E-state index in [0.29, 0.717) is 43.0 Å². The van der Waals surface area contributed by atoms with Crippen molar-refractivity contribution in [2.24, 2.45) is 4.99 Å². The summed E-state index contributed by atoms with van der Waals surface area (Å²) in [6, 6.07) is 4.46. The van der Waals surface area contributed by atoms with Crippen molar-refractivity contribution in [3.8, 4) is 0 Å². The Morgan fingerprint density at radius 1 is 1.17 bits per heavy atom. The van der Waals surface area contributed by atoms with Gasteiger partial charge in [0.05, 0.1) is 10.6 Å². The maximum atomic E-state index is 12.8. The Morgan fingerprint density at radius 2 is 1.90 bits per heavy atom. The average Bonchev–Trinajstić information content (AvgIpc) is 3.21. The van der Waals surface area contributed by atoms with Crippen molar-refractivity contribution in [3.63, 3.8) is 0 Å². The van der Waals surface area contributed by atoms with Crippen LogP contribution in [-0.2, 0) is 15.8 Å². The molecule has 1 aliphatic rings. The molecule has 1 aromatic carbocycles. The Hall–Kier alpha value is -2.33. The van der Waals surface area contributed by atoms with Crippen molar-refractivity contribution in [1.82, 2.24) is 10.8 Å². The summed E-state index contributed by atoms with van der Waals surface area (Å²) in [4.78, 5) is 27.8. The van der Waals surface area contributed by atoms with E-state index in [1.165, 1.54) is 23.9 Å². The molecule has 3 N–H and O–H groups in total. The number of carbonyl (C=O) groups is 2. The fraction of sp³-hybridized carbons (Fsp3) is 0.421. The van der Waals surface area contributed by atoms with E-state index in [4.69, 9.17) is 5.21 Å².